The lowest BCUT2D eigenvalue weighted by Crippen LogP contribution is -2.30. The average Bonchev–Trinajstić information content (AvgIpc) is 3.06. The minimum absolute atomic E-state index is 0.211. The van der Waals surface area contributed by atoms with Crippen molar-refractivity contribution >= 4 is 16.9 Å². The fourth-order valence-corrected chi connectivity index (χ4v) is 2.68. The Morgan fingerprint density at radius 1 is 1.16 bits per heavy atom. The summed E-state index contributed by atoms with van der Waals surface area (Å²) < 4.78 is 5.41. The summed E-state index contributed by atoms with van der Waals surface area (Å²) in [5.74, 6) is 0.211. The number of ether oxygens (including phenoxy) is 1. The van der Waals surface area contributed by atoms with E-state index in [2.05, 4.69) is 15.0 Å². The largest absolute Gasteiger partial charge is 0.381 e. The standard InChI is InChI=1S/C14H11N3O2/c18-14-16-12-9-3-1-2-4-10(9)15-11(13(12)17-14)8-5-6-19-7-8/h1-4,8H,5-7H2. The third-order valence-electron chi connectivity index (χ3n) is 3.60. The lowest BCUT2D eigenvalue weighted by Gasteiger charge is -2.08. The second kappa shape index (κ2) is 3.93. The third kappa shape index (κ3) is 1.58. The number of para-hydroxylation sites is 1. The topological polar surface area (TPSA) is 63.9 Å². The molecule has 0 radical (unpaired) electrons. The zero-order valence-electron chi connectivity index (χ0n) is 10.2. The highest BCUT2D eigenvalue weighted by Gasteiger charge is 2.24. The summed E-state index contributed by atoms with van der Waals surface area (Å²) in [5, 5.41) is 2.19. The van der Waals surface area contributed by atoms with Gasteiger partial charge in [-0.15, -0.1) is 0 Å². The van der Waals surface area contributed by atoms with Gasteiger partial charge in [0.2, 0.25) is 0 Å². The Bertz CT molecular complexity index is 807. The molecule has 1 saturated heterocycles. The van der Waals surface area contributed by atoms with Gasteiger partial charge in [-0.25, -0.2) is 4.79 Å². The second-order valence-electron chi connectivity index (χ2n) is 4.78. The molecule has 0 saturated carbocycles. The SMILES string of the molecule is O=C1N=c2c(C3CCOC3)nc3ccccc3c2=N1. The molecule has 5 heteroatoms. The van der Waals surface area contributed by atoms with Gasteiger partial charge in [0, 0.05) is 17.9 Å². The molecule has 5 nitrogen and oxygen atoms in total. The van der Waals surface area contributed by atoms with Crippen molar-refractivity contribution in [1.29, 1.82) is 0 Å². The van der Waals surface area contributed by atoms with Crippen LogP contribution in [-0.4, -0.2) is 24.2 Å². The Morgan fingerprint density at radius 3 is 2.84 bits per heavy atom. The van der Waals surface area contributed by atoms with E-state index in [0.29, 0.717) is 17.3 Å². The van der Waals surface area contributed by atoms with Gasteiger partial charge in [0.05, 0.1) is 17.8 Å². The number of benzene rings is 1. The van der Waals surface area contributed by atoms with Gasteiger partial charge >= 0.3 is 6.03 Å². The normalized spacial score (nSPS) is 21.3. The van der Waals surface area contributed by atoms with Crippen LogP contribution < -0.4 is 10.7 Å². The number of hydrogen-bond donors (Lipinski definition) is 0. The number of fused-ring (bicyclic) bond motifs is 3. The summed E-state index contributed by atoms with van der Waals surface area (Å²) in [6.45, 7) is 1.38. The van der Waals surface area contributed by atoms with Gasteiger partial charge < -0.3 is 4.74 Å². The van der Waals surface area contributed by atoms with Gasteiger partial charge in [0.1, 0.15) is 10.7 Å². The van der Waals surface area contributed by atoms with E-state index in [-0.39, 0.29) is 5.92 Å². The molecule has 2 aromatic rings. The van der Waals surface area contributed by atoms with Gasteiger partial charge in [0.15, 0.2) is 0 Å². The van der Waals surface area contributed by atoms with Crippen LogP contribution in [-0.2, 0) is 4.74 Å². The quantitative estimate of drug-likeness (QED) is 0.764. The van der Waals surface area contributed by atoms with E-state index in [1.807, 2.05) is 24.3 Å². The lowest BCUT2D eigenvalue weighted by atomic mass is 10.0. The van der Waals surface area contributed by atoms with E-state index in [0.717, 1.165) is 29.6 Å². The molecule has 0 spiro atoms. The summed E-state index contributed by atoms with van der Waals surface area (Å²) in [6, 6.07) is 7.28. The molecule has 1 aromatic carbocycles. The molecule has 0 aliphatic carbocycles. The monoisotopic (exact) mass is 253 g/mol. The molecule has 19 heavy (non-hydrogen) atoms. The molecule has 2 aliphatic heterocycles. The third-order valence-corrected chi connectivity index (χ3v) is 3.60. The van der Waals surface area contributed by atoms with E-state index in [1.54, 1.807) is 0 Å². The summed E-state index contributed by atoms with van der Waals surface area (Å²) in [4.78, 5) is 24.2. The number of nitrogens with zero attached hydrogens (tertiary/aromatic N) is 3. The molecule has 0 N–H and O–H groups in total. The maximum absolute atomic E-state index is 11.5. The van der Waals surface area contributed by atoms with Crippen LogP contribution in [0.4, 0.5) is 4.79 Å². The first-order valence-corrected chi connectivity index (χ1v) is 6.31. The number of urea groups is 1. The zero-order valence-corrected chi connectivity index (χ0v) is 10.2. The van der Waals surface area contributed by atoms with Crippen molar-refractivity contribution in [3.8, 4) is 0 Å². The van der Waals surface area contributed by atoms with Crippen LogP contribution in [0.1, 0.15) is 18.0 Å². The molecule has 0 bridgehead atoms. The molecule has 4 rings (SSSR count). The number of carbonyl (C=O) groups is 1. The second-order valence-corrected chi connectivity index (χ2v) is 4.78. The van der Waals surface area contributed by atoms with Crippen molar-refractivity contribution in [2.75, 3.05) is 13.2 Å². The Balaban J connectivity index is 2.11. The molecular weight excluding hydrogens is 242 g/mol. The first kappa shape index (κ1) is 10.8. The summed E-state index contributed by atoms with van der Waals surface area (Å²) in [6.07, 6.45) is 0.918. The zero-order chi connectivity index (χ0) is 12.8. The average molecular weight is 253 g/mol. The summed E-state index contributed by atoms with van der Waals surface area (Å²) >= 11 is 0. The molecule has 1 aromatic heterocycles. The fraction of sp³-hybridized carbons (Fsp3) is 0.286. The number of hydrogen-bond acceptors (Lipinski definition) is 3. The number of aromatic nitrogens is 1. The van der Waals surface area contributed by atoms with Gasteiger partial charge in [-0.2, -0.15) is 9.98 Å². The molecule has 3 heterocycles. The molecule has 2 aliphatic rings. The van der Waals surface area contributed by atoms with Crippen molar-refractivity contribution < 1.29 is 9.53 Å². The van der Waals surface area contributed by atoms with Gasteiger partial charge in [-0.3, -0.25) is 4.98 Å². The van der Waals surface area contributed by atoms with Gasteiger partial charge in [0.25, 0.3) is 0 Å². The highest BCUT2D eigenvalue weighted by atomic mass is 16.5. The van der Waals surface area contributed by atoms with Gasteiger partial charge in [-0.1, -0.05) is 18.2 Å². The maximum atomic E-state index is 11.5. The number of rotatable bonds is 1. The lowest BCUT2D eigenvalue weighted by molar-refractivity contribution is 0.193. The predicted octanol–water partition coefficient (Wildman–Crippen LogP) is 1.11. The minimum Gasteiger partial charge on any atom is -0.381 e. The van der Waals surface area contributed by atoms with Crippen LogP contribution >= 0.6 is 0 Å². The van der Waals surface area contributed by atoms with E-state index in [4.69, 9.17) is 4.74 Å². The van der Waals surface area contributed by atoms with Crippen molar-refractivity contribution in [3.05, 3.63) is 40.7 Å². The van der Waals surface area contributed by atoms with E-state index >= 15 is 0 Å². The summed E-state index contributed by atoms with van der Waals surface area (Å²) in [5.41, 5.74) is 1.71. The van der Waals surface area contributed by atoms with Gasteiger partial charge in [-0.05, 0) is 12.5 Å². The minimum atomic E-state index is -0.437. The van der Waals surface area contributed by atoms with Crippen LogP contribution in [0.25, 0.3) is 10.9 Å². The van der Waals surface area contributed by atoms with Crippen LogP contribution in [0.2, 0.25) is 0 Å². The maximum Gasteiger partial charge on any atom is 0.368 e. The number of carbonyl (C=O) groups excluding carboxylic acids is 1. The molecule has 94 valence electrons. The van der Waals surface area contributed by atoms with Crippen molar-refractivity contribution in [3.63, 3.8) is 0 Å². The molecular formula is C14H11N3O2. The Morgan fingerprint density at radius 2 is 2.00 bits per heavy atom. The van der Waals surface area contributed by atoms with Crippen molar-refractivity contribution in [2.24, 2.45) is 9.98 Å². The van der Waals surface area contributed by atoms with Crippen molar-refractivity contribution in [2.45, 2.75) is 12.3 Å². The van der Waals surface area contributed by atoms with E-state index < -0.39 is 6.03 Å². The Kier molecular flexibility index (Phi) is 2.22. The van der Waals surface area contributed by atoms with Crippen LogP contribution in [0.5, 0.6) is 0 Å². The van der Waals surface area contributed by atoms with Crippen LogP contribution in [0, 0.1) is 0 Å². The first-order chi connectivity index (χ1) is 9.33. The van der Waals surface area contributed by atoms with E-state index in [9.17, 15) is 4.79 Å². The Labute approximate surface area is 108 Å². The predicted molar refractivity (Wildman–Crippen MR) is 67.6 cm³/mol. The van der Waals surface area contributed by atoms with Crippen LogP contribution in [0.3, 0.4) is 0 Å². The van der Waals surface area contributed by atoms with Crippen LogP contribution in [0.15, 0.2) is 34.3 Å². The highest BCUT2D eigenvalue weighted by molar-refractivity contribution is 5.84. The fourth-order valence-electron chi connectivity index (χ4n) is 2.68. The molecule has 2 amide bonds. The molecule has 1 fully saturated rings. The summed E-state index contributed by atoms with van der Waals surface area (Å²) in [7, 11) is 0. The smallest absolute Gasteiger partial charge is 0.368 e. The molecule has 1 unspecified atom stereocenters. The van der Waals surface area contributed by atoms with Crippen molar-refractivity contribution in [1.82, 2.24) is 4.98 Å². The number of pyridine rings is 1. The molecule has 1 atom stereocenters. The Hall–Kier alpha value is -2.14. The highest BCUT2D eigenvalue weighted by Crippen LogP contribution is 2.22. The van der Waals surface area contributed by atoms with E-state index in [1.165, 1.54) is 0 Å². The first-order valence-electron chi connectivity index (χ1n) is 6.31. The number of amides is 2.